The first-order chi connectivity index (χ1) is 8.47. The second-order valence-electron chi connectivity index (χ2n) is 5.19. The molecule has 0 saturated heterocycles. The summed E-state index contributed by atoms with van der Waals surface area (Å²) in [6, 6.07) is -0.841. The Bertz CT molecular complexity index is 307. The molecule has 5 heteroatoms. The second-order valence-corrected chi connectivity index (χ2v) is 5.19. The first kappa shape index (κ1) is 14.8. The van der Waals surface area contributed by atoms with Gasteiger partial charge in [0.25, 0.3) is 0 Å². The fourth-order valence-corrected chi connectivity index (χ4v) is 2.61. The summed E-state index contributed by atoms with van der Waals surface area (Å²) in [7, 11) is 1.76. The lowest BCUT2D eigenvalue weighted by molar-refractivity contribution is -0.139. The van der Waals surface area contributed by atoms with Crippen LogP contribution in [0.3, 0.4) is 0 Å². The summed E-state index contributed by atoms with van der Waals surface area (Å²) in [6.07, 6.45) is 4.91. The highest BCUT2D eigenvalue weighted by Crippen LogP contribution is 2.27. The van der Waals surface area contributed by atoms with E-state index in [2.05, 4.69) is 12.2 Å². The molecule has 0 aromatic heterocycles. The van der Waals surface area contributed by atoms with Crippen molar-refractivity contribution in [2.75, 3.05) is 7.05 Å². The lowest BCUT2D eigenvalue weighted by atomic mass is 9.85. The number of nitrogens with zero attached hydrogens (tertiary/aromatic N) is 1. The molecule has 0 bridgehead atoms. The molecule has 2 amide bonds. The smallest absolute Gasteiger partial charge is 0.326 e. The van der Waals surface area contributed by atoms with E-state index in [9.17, 15) is 9.59 Å². The molecule has 0 aromatic rings. The molecule has 3 unspecified atom stereocenters. The molecule has 0 heterocycles. The second kappa shape index (κ2) is 6.61. The van der Waals surface area contributed by atoms with Crippen molar-refractivity contribution in [2.45, 2.75) is 58.0 Å². The van der Waals surface area contributed by atoms with Crippen molar-refractivity contribution in [3.05, 3.63) is 0 Å². The van der Waals surface area contributed by atoms with Crippen LogP contribution in [0.4, 0.5) is 4.79 Å². The average Bonchev–Trinajstić information content (AvgIpc) is 2.35. The highest BCUT2D eigenvalue weighted by Gasteiger charge is 2.29. The molecule has 1 saturated carbocycles. The summed E-state index contributed by atoms with van der Waals surface area (Å²) in [6.45, 7) is 3.91. The predicted octanol–water partition coefficient (Wildman–Crippen LogP) is 2.07. The van der Waals surface area contributed by atoms with Crippen LogP contribution < -0.4 is 5.32 Å². The standard InChI is InChI=1S/C13H24N2O3/c1-4-10(12(16)17)14-13(18)15(3)11-8-6-5-7-9(11)2/h9-11H,4-8H2,1-3H3,(H,14,18)(H,16,17). The molecule has 1 aliphatic rings. The van der Waals surface area contributed by atoms with Crippen LogP contribution >= 0.6 is 0 Å². The number of rotatable bonds is 4. The molecule has 1 fully saturated rings. The summed E-state index contributed by atoms with van der Waals surface area (Å²) in [5, 5.41) is 11.5. The monoisotopic (exact) mass is 256 g/mol. The molecular weight excluding hydrogens is 232 g/mol. The minimum Gasteiger partial charge on any atom is -0.480 e. The van der Waals surface area contributed by atoms with Gasteiger partial charge < -0.3 is 15.3 Å². The third kappa shape index (κ3) is 3.62. The van der Waals surface area contributed by atoms with Gasteiger partial charge in [0.15, 0.2) is 0 Å². The molecule has 5 nitrogen and oxygen atoms in total. The van der Waals surface area contributed by atoms with Crippen molar-refractivity contribution in [1.82, 2.24) is 10.2 Å². The van der Waals surface area contributed by atoms with Crippen LogP contribution in [0.5, 0.6) is 0 Å². The summed E-state index contributed by atoms with van der Waals surface area (Å²) in [4.78, 5) is 24.6. The van der Waals surface area contributed by atoms with Crippen molar-refractivity contribution in [3.63, 3.8) is 0 Å². The lowest BCUT2D eigenvalue weighted by Gasteiger charge is -2.36. The van der Waals surface area contributed by atoms with E-state index in [1.165, 1.54) is 6.42 Å². The zero-order valence-corrected chi connectivity index (χ0v) is 11.5. The van der Waals surface area contributed by atoms with Crippen LogP contribution in [0.2, 0.25) is 0 Å². The number of urea groups is 1. The molecule has 3 atom stereocenters. The van der Waals surface area contributed by atoms with Gasteiger partial charge in [0.05, 0.1) is 0 Å². The molecule has 0 aromatic carbocycles. The fraction of sp³-hybridized carbons (Fsp3) is 0.846. The Hall–Kier alpha value is -1.26. The molecule has 104 valence electrons. The first-order valence-electron chi connectivity index (χ1n) is 6.73. The first-order valence-corrected chi connectivity index (χ1v) is 6.73. The van der Waals surface area contributed by atoms with Crippen LogP contribution in [-0.4, -0.2) is 41.1 Å². The van der Waals surface area contributed by atoms with E-state index in [1.807, 2.05) is 0 Å². The minimum atomic E-state index is -0.976. The van der Waals surface area contributed by atoms with Gasteiger partial charge in [-0.1, -0.05) is 26.7 Å². The van der Waals surface area contributed by atoms with Gasteiger partial charge in [0, 0.05) is 13.1 Å². The van der Waals surface area contributed by atoms with E-state index in [4.69, 9.17) is 5.11 Å². The van der Waals surface area contributed by atoms with Gasteiger partial charge in [-0.3, -0.25) is 0 Å². The van der Waals surface area contributed by atoms with Crippen molar-refractivity contribution in [2.24, 2.45) is 5.92 Å². The Balaban J connectivity index is 2.57. The van der Waals surface area contributed by atoms with E-state index in [-0.39, 0.29) is 12.1 Å². The topological polar surface area (TPSA) is 69.6 Å². The zero-order chi connectivity index (χ0) is 13.7. The number of hydrogen-bond acceptors (Lipinski definition) is 2. The maximum Gasteiger partial charge on any atom is 0.326 e. The third-order valence-corrected chi connectivity index (χ3v) is 3.89. The van der Waals surface area contributed by atoms with Crippen molar-refractivity contribution >= 4 is 12.0 Å². The fourth-order valence-electron chi connectivity index (χ4n) is 2.61. The minimum absolute atomic E-state index is 0.227. The maximum absolute atomic E-state index is 12.0. The number of hydrogen-bond donors (Lipinski definition) is 2. The summed E-state index contributed by atoms with van der Waals surface area (Å²) < 4.78 is 0. The van der Waals surface area contributed by atoms with E-state index in [1.54, 1.807) is 18.9 Å². The van der Waals surface area contributed by atoms with Crippen LogP contribution in [0.15, 0.2) is 0 Å². The molecule has 1 rings (SSSR count). The summed E-state index contributed by atoms with van der Waals surface area (Å²) >= 11 is 0. The normalized spacial score (nSPS) is 25.3. The summed E-state index contributed by atoms with van der Waals surface area (Å²) in [5.41, 5.74) is 0. The number of nitrogens with one attached hydrogen (secondary N) is 1. The number of carboxylic acids is 1. The van der Waals surface area contributed by atoms with E-state index < -0.39 is 12.0 Å². The van der Waals surface area contributed by atoms with Crippen molar-refractivity contribution < 1.29 is 14.7 Å². The maximum atomic E-state index is 12.0. The third-order valence-electron chi connectivity index (χ3n) is 3.89. The SMILES string of the molecule is CCC(NC(=O)N(C)C1CCCCC1C)C(=O)O. The Morgan fingerprint density at radius 2 is 2.00 bits per heavy atom. The van der Waals surface area contributed by atoms with Gasteiger partial charge in [-0.25, -0.2) is 9.59 Å². The number of carbonyl (C=O) groups excluding carboxylic acids is 1. The number of aliphatic carboxylic acids is 1. The van der Waals surface area contributed by atoms with Gasteiger partial charge >= 0.3 is 12.0 Å². The van der Waals surface area contributed by atoms with E-state index in [0.29, 0.717) is 12.3 Å². The van der Waals surface area contributed by atoms with E-state index in [0.717, 1.165) is 19.3 Å². The molecular formula is C13H24N2O3. The van der Waals surface area contributed by atoms with Gasteiger partial charge in [-0.2, -0.15) is 0 Å². The lowest BCUT2D eigenvalue weighted by Crippen LogP contribution is -2.51. The van der Waals surface area contributed by atoms with Crippen molar-refractivity contribution in [3.8, 4) is 0 Å². The predicted molar refractivity (Wildman–Crippen MR) is 69.4 cm³/mol. The molecule has 2 N–H and O–H groups in total. The van der Waals surface area contributed by atoms with Crippen molar-refractivity contribution in [1.29, 1.82) is 0 Å². The van der Waals surface area contributed by atoms with Crippen LogP contribution in [-0.2, 0) is 4.79 Å². The van der Waals surface area contributed by atoms with Gasteiger partial charge in [-0.15, -0.1) is 0 Å². The Labute approximate surface area is 109 Å². The Kier molecular flexibility index (Phi) is 5.44. The van der Waals surface area contributed by atoms with Crippen LogP contribution in [0.25, 0.3) is 0 Å². The highest BCUT2D eigenvalue weighted by molar-refractivity contribution is 5.82. The molecule has 0 spiro atoms. The molecule has 18 heavy (non-hydrogen) atoms. The molecule has 1 aliphatic carbocycles. The Morgan fingerprint density at radius 1 is 1.39 bits per heavy atom. The largest absolute Gasteiger partial charge is 0.480 e. The Morgan fingerprint density at radius 3 is 2.50 bits per heavy atom. The van der Waals surface area contributed by atoms with Crippen LogP contribution in [0, 0.1) is 5.92 Å². The molecule has 0 aliphatic heterocycles. The van der Waals surface area contributed by atoms with Gasteiger partial charge in [0.2, 0.25) is 0 Å². The van der Waals surface area contributed by atoms with Gasteiger partial charge in [-0.05, 0) is 25.2 Å². The highest BCUT2D eigenvalue weighted by atomic mass is 16.4. The summed E-state index contributed by atoms with van der Waals surface area (Å²) in [5.74, 6) is -0.490. The number of amides is 2. The number of carbonyl (C=O) groups is 2. The van der Waals surface area contributed by atoms with Gasteiger partial charge in [0.1, 0.15) is 6.04 Å². The quantitative estimate of drug-likeness (QED) is 0.809. The number of carboxylic acid groups (broad SMARTS) is 1. The molecule has 0 radical (unpaired) electrons. The zero-order valence-electron chi connectivity index (χ0n) is 11.5. The average molecular weight is 256 g/mol. The van der Waals surface area contributed by atoms with Crippen LogP contribution in [0.1, 0.15) is 46.0 Å². The van der Waals surface area contributed by atoms with E-state index >= 15 is 0 Å².